The van der Waals surface area contributed by atoms with Gasteiger partial charge in [0.1, 0.15) is 0 Å². The Morgan fingerprint density at radius 2 is 2.08 bits per heavy atom. The molecule has 0 unspecified atom stereocenters. The zero-order valence-electron chi connectivity index (χ0n) is 8.64. The molecule has 0 amide bonds. The minimum atomic E-state index is 0.905. The fraction of sp³-hybridized carbons (Fsp3) is 0.538. The molecule has 1 aliphatic carbocycles. The van der Waals surface area contributed by atoms with Gasteiger partial charge in [-0.3, -0.25) is 0 Å². The van der Waals surface area contributed by atoms with Gasteiger partial charge in [0.15, 0.2) is 0 Å². The minimum absolute atomic E-state index is 0.905. The molecule has 1 aromatic rings. The lowest BCUT2D eigenvalue weighted by Gasteiger charge is -2.10. The van der Waals surface area contributed by atoms with Crippen LogP contribution in [0.4, 0.5) is 0 Å². The summed E-state index contributed by atoms with van der Waals surface area (Å²) in [5, 5.41) is 0. The Labute approximate surface area is 81.0 Å². The molecule has 0 radical (unpaired) electrons. The fourth-order valence-electron chi connectivity index (χ4n) is 2.18. The van der Waals surface area contributed by atoms with Gasteiger partial charge in [-0.1, -0.05) is 31.5 Å². The Morgan fingerprint density at radius 1 is 1.31 bits per heavy atom. The largest absolute Gasteiger partial charge is 0.0651 e. The van der Waals surface area contributed by atoms with Crippen molar-refractivity contribution in [1.29, 1.82) is 0 Å². The van der Waals surface area contributed by atoms with Gasteiger partial charge in [0.25, 0.3) is 0 Å². The van der Waals surface area contributed by atoms with E-state index in [0.29, 0.717) is 0 Å². The number of rotatable bonds is 3. The van der Waals surface area contributed by atoms with E-state index in [1.54, 1.807) is 11.1 Å². The molecule has 0 heteroatoms. The number of aryl methyl sites for hydroxylation is 2. The van der Waals surface area contributed by atoms with Crippen LogP contribution in [0, 0.1) is 6.92 Å². The lowest BCUT2D eigenvalue weighted by molar-refractivity contribution is 0.892. The van der Waals surface area contributed by atoms with Crippen LogP contribution < -0.4 is 0 Å². The maximum atomic E-state index is 2.31. The van der Waals surface area contributed by atoms with Gasteiger partial charge in [-0.05, 0) is 48.8 Å². The molecule has 0 heterocycles. The summed E-state index contributed by atoms with van der Waals surface area (Å²) in [6.07, 6.45) is 5.36. The minimum Gasteiger partial charge on any atom is -0.0651 e. The summed E-state index contributed by atoms with van der Waals surface area (Å²) in [4.78, 5) is 0. The molecule has 1 fully saturated rings. The highest BCUT2D eigenvalue weighted by Crippen LogP contribution is 2.43. The van der Waals surface area contributed by atoms with E-state index >= 15 is 0 Å². The molecule has 0 bridgehead atoms. The summed E-state index contributed by atoms with van der Waals surface area (Å²) in [5.41, 5.74) is 4.78. The van der Waals surface area contributed by atoms with Crippen LogP contribution in [0.15, 0.2) is 18.2 Å². The van der Waals surface area contributed by atoms with Crippen molar-refractivity contribution in [2.24, 2.45) is 0 Å². The highest BCUT2D eigenvalue weighted by atomic mass is 14.3. The predicted molar refractivity (Wildman–Crippen MR) is 57.1 cm³/mol. The van der Waals surface area contributed by atoms with Crippen molar-refractivity contribution in [3.05, 3.63) is 34.9 Å². The first-order valence-corrected chi connectivity index (χ1v) is 5.41. The normalized spacial score (nSPS) is 16.2. The second-order valence-corrected chi connectivity index (χ2v) is 4.17. The maximum absolute atomic E-state index is 2.31. The Morgan fingerprint density at radius 3 is 2.69 bits per heavy atom. The van der Waals surface area contributed by atoms with E-state index in [9.17, 15) is 0 Å². The molecular weight excluding hydrogens is 156 g/mol. The first-order chi connectivity index (χ1) is 6.33. The zero-order valence-corrected chi connectivity index (χ0v) is 8.64. The fourth-order valence-corrected chi connectivity index (χ4v) is 2.18. The van der Waals surface area contributed by atoms with Gasteiger partial charge in [0, 0.05) is 0 Å². The quantitative estimate of drug-likeness (QED) is 0.653. The summed E-state index contributed by atoms with van der Waals surface area (Å²) in [7, 11) is 0. The third kappa shape index (κ3) is 1.77. The van der Waals surface area contributed by atoms with Gasteiger partial charge < -0.3 is 0 Å². The molecule has 0 nitrogen and oxygen atoms in total. The molecule has 1 aliphatic rings. The van der Waals surface area contributed by atoms with Crippen molar-refractivity contribution in [2.45, 2.75) is 45.4 Å². The van der Waals surface area contributed by atoms with Crippen molar-refractivity contribution in [2.75, 3.05) is 0 Å². The topological polar surface area (TPSA) is 0 Å². The second kappa shape index (κ2) is 3.53. The van der Waals surface area contributed by atoms with Gasteiger partial charge in [-0.25, -0.2) is 0 Å². The molecule has 0 spiro atoms. The van der Waals surface area contributed by atoms with Crippen molar-refractivity contribution in [1.82, 2.24) is 0 Å². The molecule has 1 saturated carbocycles. The standard InChI is InChI=1S/C13H18/c1-3-5-11-7-4-6-10(2)13(11)12-8-9-12/h4,6-7,12H,3,5,8-9H2,1-2H3. The lowest BCUT2D eigenvalue weighted by Crippen LogP contribution is -1.94. The molecule has 70 valence electrons. The second-order valence-electron chi connectivity index (χ2n) is 4.17. The van der Waals surface area contributed by atoms with Crippen LogP contribution in [0.25, 0.3) is 0 Å². The SMILES string of the molecule is CCCc1cccc(C)c1C1CC1. The van der Waals surface area contributed by atoms with E-state index in [1.165, 1.54) is 31.2 Å². The van der Waals surface area contributed by atoms with Gasteiger partial charge in [-0.15, -0.1) is 0 Å². The smallest absolute Gasteiger partial charge is 0.0156 e. The number of hydrogen-bond donors (Lipinski definition) is 0. The van der Waals surface area contributed by atoms with Gasteiger partial charge in [0.05, 0.1) is 0 Å². The third-order valence-electron chi connectivity index (χ3n) is 2.92. The molecule has 0 aliphatic heterocycles. The van der Waals surface area contributed by atoms with Crippen LogP contribution in [0.3, 0.4) is 0 Å². The summed E-state index contributed by atoms with van der Waals surface area (Å²) in [5.74, 6) is 0.905. The van der Waals surface area contributed by atoms with Crippen molar-refractivity contribution < 1.29 is 0 Å². The van der Waals surface area contributed by atoms with Gasteiger partial charge in [-0.2, -0.15) is 0 Å². The monoisotopic (exact) mass is 174 g/mol. The highest BCUT2D eigenvalue weighted by Gasteiger charge is 2.26. The molecule has 13 heavy (non-hydrogen) atoms. The molecule has 0 saturated heterocycles. The highest BCUT2D eigenvalue weighted by molar-refractivity contribution is 5.39. The number of benzene rings is 1. The Hall–Kier alpha value is -0.780. The summed E-state index contributed by atoms with van der Waals surface area (Å²) < 4.78 is 0. The summed E-state index contributed by atoms with van der Waals surface area (Å²) in [6, 6.07) is 6.77. The Balaban J connectivity index is 2.35. The van der Waals surface area contributed by atoms with E-state index in [4.69, 9.17) is 0 Å². The zero-order chi connectivity index (χ0) is 9.26. The summed E-state index contributed by atoms with van der Waals surface area (Å²) >= 11 is 0. The maximum Gasteiger partial charge on any atom is -0.0156 e. The number of hydrogen-bond acceptors (Lipinski definition) is 0. The Kier molecular flexibility index (Phi) is 2.39. The van der Waals surface area contributed by atoms with Crippen LogP contribution >= 0.6 is 0 Å². The van der Waals surface area contributed by atoms with E-state index in [-0.39, 0.29) is 0 Å². The molecule has 1 aromatic carbocycles. The van der Waals surface area contributed by atoms with Crippen molar-refractivity contribution in [3.63, 3.8) is 0 Å². The van der Waals surface area contributed by atoms with E-state index < -0.39 is 0 Å². The Bertz CT molecular complexity index is 295. The predicted octanol–water partition coefficient (Wildman–Crippen LogP) is 3.82. The van der Waals surface area contributed by atoms with Gasteiger partial charge in [0.2, 0.25) is 0 Å². The first-order valence-electron chi connectivity index (χ1n) is 5.41. The van der Waals surface area contributed by atoms with Crippen LogP contribution in [0.1, 0.15) is 48.8 Å². The van der Waals surface area contributed by atoms with Crippen LogP contribution in [-0.2, 0) is 6.42 Å². The summed E-state index contributed by atoms with van der Waals surface area (Å²) in [6.45, 7) is 4.52. The van der Waals surface area contributed by atoms with Crippen LogP contribution in [-0.4, -0.2) is 0 Å². The van der Waals surface area contributed by atoms with Crippen LogP contribution in [0.2, 0.25) is 0 Å². The third-order valence-corrected chi connectivity index (χ3v) is 2.92. The van der Waals surface area contributed by atoms with Crippen LogP contribution in [0.5, 0.6) is 0 Å². The average Bonchev–Trinajstić information content (AvgIpc) is 2.88. The molecule has 2 rings (SSSR count). The van der Waals surface area contributed by atoms with Crippen molar-refractivity contribution >= 4 is 0 Å². The van der Waals surface area contributed by atoms with E-state index in [0.717, 1.165) is 5.92 Å². The first kappa shape index (κ1) is 8.80. The van der Waals surface area contributed by atoms with Crippen molar-refractivity contribution in [3.8, 4) is 0 Å². The van der Waals surface area contributed by atoms with Gasteiger partial charge >= 0.3 is 0 Å². The molecule has 0 N–H and O–H groups in total. The van der Waals surface area contributed by atoms with E-state index in [1.807, 2.05) is 0 Å². The molecule has 0 aromatic heterocycles. The lowest BCUT2D eigenvalue weighted by atomic mass is 9.95. The average molecular weight is 174 g/mol. The molecule has 0 atom stereocenters. The molecular formula is C13H18. The van der Waals surface area contributed by atoms with E-state index in [2.05, 4.69) is 32.0 Å².